The third kappa shape index (κ3) is 4.22. The largest absolute Gasteiger partial charge is 0.493 e. The van der Waals surface area contributed by atoms with Crippen molar-refractivity contribution in [3.8, 4) is 11.5 Å². The van der Waals surface area contributed by atoms with Gasteiger partial charge in [-0.15, -0.1) is 0 Å². The smallest absolute Gasteiger partial charge is 0.200 e. The molecule has 3 aromatic rings. The van der Waals surface area contributed by atoms with E-state index in [1.807, 2.05) is 66.7 Å². The van der Waals surface area contributed by atoms with Crippen molar-refractivity contribution in [3.05, 3.63) is 91.8 Å². The molecule has 0 aromatic heterocycles. The second kappa shape index (κ2) is 8.66. The van der Waals surface area contributed by atoms with E-state index in [1.165, 1.54) is 11.8 Å². The maximum atomic E-state index is 12.7. The lowest BCUT2D eigenvalue weighted by Crippen LogP contribution is -1.99. The van der Waals surface area contributed by atoms with Crippen LogP contribution in [-0.4, -0.2) is 12.9 Å². The second-order valence-corrected chi connectivity index (χ2v) is 8.69. The molecule has 0 amide bonds. The first-order chi connectivity index (χ1) is 14.1. The van der Waals surface area contributed by atoms with E-state index in [1.54, 1.807) is 7.11 Å². The lowest BCUT2D eigenvalue weighted by atomic mass is 10.1. The van der Waals surface area contributed by atoms with E-state index >= 15 is 0 Å². The number of carbonyl (C=O) groups excluding carboxylic acids is 1. The number of fused-ring (bicyclic) bond motifs is 1. The van der Waals surface area contributed by atoms with Crippen molar-refractivity contribution >= 4 is 51.2 Å². The molecule has 0 atom stereocenters. The van der Waals surface area contributed by atoms with Crippen LogP contribution in [0.4, 0.5) is 0 Å². The molecule has 0 bridgehead atoms. The van der Waals surface area contributed by atoms with Crippen molar-refractivity contribution < 1.29 is 14.3 Å². The van der Waals surface area contributed by atoms with Crippen LogP contribution in [0.15, 0.2) is 74.9 Å². The molecule has 0 saturated heterocycles. The Morgan fingerprint density at radius 2 is 1.83 bits per heavy atom. The second-order valence-electron chi connectivity index (χ2n) is 6.34. The Morgan fingerprint density at radius 3 is 2.59 bits per heavy atom. The Kier molecular flexibility index (Phi) is 5.99. The van der Waals surface area contributed by atoms with Crippen molar-refractivity contribution in [1.82, 2.24) is 0 Å². The minimum absolute atomic E-state index is 0.0375. The first-order valence-corrected chi connectivity index (χ1v) is 10.8. The van der Waals surface area contributed by atoms with Gasteiger partial charge in [-0.05, 0) is 42.0 Å². The summed E-state index contributed by atoms with van der Waals surface area (Å²) in [5.74, 6) is 1.21. The van der Waals surface area contributed by atoms with Crippen molar-refractivity contribution in [1.29, 1.82) is 0 Å². The Bertz CT molecular complexity index is 1130. The average molecular weight is 488 g/mol. The molecule has 3 nitrogen and oxygen atoms in total. The molecule has 1 aliphatic heterocycles. The minimum Gasteiger partial charge on any atom is -0.493 e. The standard InChI is InChI=1S/C23H16BrClO3S/c1-27-19-10-15(11-22-23(26)16-7-3-5-9-21(16)29-22)17(24)12-20(19)28-13-14-6-2-4-8-18(14)25/h2-12H,13H2,1H3/b22-11-. The van der Waals surface area contributed by atoms with Crippen LogP contribution < -0.4 is 9.47 Å². The summed E-state index contributed by atoms with van der Waals surface area (Å²) < 4.78 is 12.3. The molecule has 6 heteroatoms. The Balaban J connectivity index is 1.60. The van der Waals surface area contributed by atoms with Gasteiger partial charge in [0.1, 0.15) is 6.61 Å². The van der Waals surface area contributed by atoms with E-state index < -0.39 is 0 Å². The van der Waals surface area contributed by atoms with E-state index in [2.05, 4.69) is 15.9 Å². The molecule has 4 rings (SSSR count). The predicted octanol–water partition coefficient (Wildman–Crippen LogP) is 7.02. The maximum Gasteiger partial charge on any atom is 0.200 e. The van der Waals surface area contributed by atoms with Gasteiger partial charge >= 0.3 is 0 Å². The molecule has 0 radical (unpaired) electrons. The Labute approximate surface area is 186 Å². The van der Waals surface area contributed by atoms with E-state index in [0.29, 0.717) is 28.0 Å². The quantitative estimate of drug-likeness (QED) is 0.362. The molecule has 146 valence electrons. The van der Waals surface area contributed by atoms with Gasteiger partial charge in [0.15, 0.2) is 11.5 Å². The van der Waals surface area contributed by atoms with Crippen molar-refractivity contribution in [2.45, 2.75) is 11.5 Å². The molecule has 29 heavy (non-hydrogen) atoms. The molecule has 1 aliphatic rings. The molecule has 0 N–H and O–H groups in total. The third-order valence-electron chi connectivity index (χ3n) is 4.49. The summed E-state index contributed by atoms with van der Waals surface area (Å²) in [5, 5.41) is 0.656. The lowest BCUT2D eigenvalue weighted by Gasteiger charge is -2.13. The van der Waals surface area contributed by atoms with Gasteiger partial charge in [0.2, 0.25) is 5.78 Å². The van der Waals surface area contributed by atoms with Gasteiger partial charge in [-0.3, -0.25) is 4.79 Å². The number of allylic oxidation sites excluding steroid dienone is 1. The first kappa shape index (κ1) is 20.1. The van der Waals surface area contributed by atoms with Gasteiger partial charge in [-0.2, -0.15) is 0 Å². The number of rotatable bonds is 5. The summed E-state index contributed by atoms with van der Waals surface area (Å²) in [5.41, 5.74) is 2.48. The van der Waals surface area contributed by atoms with Gasteiger partial charge in [0, 0.05) is 25.5 Å². The number of ether oxygens (including phenoxy) is 2. The molecular formula is C23H16BrClO3S. The Morgan fingerprint density at radius 1 is 1.07 bits per heavy atom. The summed E-state index contributed by atoms with van der Waals surface area (Å²) in [6, 6.07) is 18.9. The molecule has 0 saturated carbocycles. The summed E-state index contributed by atoms with van der Waals surface area (Å²) in [7, 11) is 1.59. The van der Waals surface area contributed by atoms with Crippen LogP contribution in [0.3, 0.4) is 0 Å². The van der Waals surface area contributed by atoms with Crippen LogP contribution in [0.2, 0.25) is 5.02 Å². The summed E-state index contributed by atoms with van der Waals surface area (Å²) >= 11 is 11.3. The van der Waals surface area contributed by atoms with Crippen molar-refractivity contribution in [3.63, 3.8) is 0 Å². The van der Waals surface area contributed by atoms with E-state index in [4.69, 9.17) is 21.1 Å². The highest BCUT2D eigenvalue weighted by Crippen LogP contribution is 2.42. The van der Waals surface area contributed by atoms with Gasteiger partial charge in [-0.25, -0.2) is 0 Å². The highest BCUT2D eigenvalue weighted by atomic mass is 79.9. The number of hydrogen-bond acceptors (Lipinski definition) is 4. The van der Waals surface area contributed by atoms with Crippen LogP contribution in [0.1, 0.15) is 21.5 Å². The summed E-state index contributed by atoms with van der Waals surface area (Å²) in [6.07, 6.45) is 1.87. The molecule has 0 aliphatic carbocycles. The van der Waals surface area contributed by atoms with Crippen LogP contribution in [0, 0.1) is 0 Å². The number of benzene rings is 3. The number of carbonyl (C=O) groups is 1. The van der Waals surface area contributed by atoms with Gasteiger partial charge in [-0.1, -0.05) is 69.6 Å². The zero-order valence-corrected chi connectivity index (χ0v) is 18.6. The number of methoxy groups -OCH3 is 1. The highest BCUT2D eigenvalue weighted by Gasteiger charge is 2.25. The van der Waals surface area contributed by atoms with Crippen LogP contribution >= 0.6 is 39.3 Å². The number of hydrogen-bond donors (Lipinski definition) is 0. The summed E-state index contributed by atoms with van der Waals surface area (Å²) in [4.78, 5) is 14.3. The predicted molar refractivity (Wildman–Crippen MR) is 121 cm³/mol. The van der Waals surface area contributed by atoms with Gasteiger partial charge in [0.25, 0.3) is 0 Å². The van der Waals surface area contributed by atoms with Crippen LogP contribution in [0.25, 0.3) is 6.08 Å². The SMILES string of the molecule is COc1cc(/C=C2\Sc3ccccc3C2=O)c(Br)cc1OCc1ccccc1Cl. The molecule has 0 spiro atoms. The molecule has 0 unspecified atom stereocenters. The molecule has 0 fully saturated rings. The monoisotopic (exact) mass is 486 g/mol. The zero-order valence-electron chi connectivity index (χ0n) is 15.4. The fourth-order valence-corrected chi connectivity index (χ4v) is 4.65. The fraction of sp³-hybridized carbons (Fsp3) is 0.0870. The third-order valence-corrected chi connectivity index (χ3v) is 6.64. The van der Waals surface area contributed by atoms with E-state index in [0.717, 1.165) is 26.1 Å². The average Bonchev–Trinajstić information content (AvgIpc) is 3.04. The van der Waals surface area contributed by atoms with Crippen LogP contribution in [-0.2, 0) is 6.61 Å². The lowest BCUT2D eigenvalue weighted by molar-refractivity contribution is 0.104. The van der Waals surface area contributed by atoms with E-state index in [9.17, 15) is 4.79 Å². The van der Waals surface area contributed by atoms with Gasteiger partial charge in [0.05, 0.1) is 12.0 Å². The molecule has 3 aromatic carbocycles. The summed E-state index contributed by atoms with van der Waals surface area (Å²) in [6.45, 7) is 0.326. The first-order valence-electron chi connectivity index (χ1n) is 8.84. The van der Waals surface area contributed by atoms with Crippen molar-refractivity contribution in [2.24, 2.45) is 0 Å². The van der Waals surface area contributed by atoms with Gasteiger partial charge < -0.3 is 9.47 Å². The maximum absolute atomic E-state index is 12.7. The number of Topliss-reactive ketones (excluding diaryl/α,β-unsaturated/α-hetero) is 1. The molecular weight excluding hydrogens is 472 g/mol. The Hall–Kier alpha value is -2.21. The highest BCUT2D eigenvalue weighted by molar-refractivity contribution is 9.10. The number of halogens is 2. The number of thioether (sulfide) groups is 1. The number of ketones is 1. The van der Waals surface area contributed by atoms with Crippen LogP contribution in [0.5, 0.6) is 11.5 Å². The zero-order chi connectivity index (χ0) is 20.4. The fourth-order valence-electron chi connectivity index (χ4n) is 2.98. The van der Waals surface area contributed by atoms with Crippen molar-refractivity contribution in [2.75, 3.05) is 7.11 Å². The normalized spacial score (nSPS) is 14.2. The minimum atomic E-state index is 0.0375. The molecule has 1 heterocycles. The topological polar surface area (TPSA) is 35.5 Å². The van der Waals surface area contributed by atoms with E-state index in [-0.39, 0.29) is 5.78 Å².